The molecule has 0 unspecified atom stereocenters. The fourth-order valence-electron chi connectivity index (χ4n) is 3.11. The maximum Gasteiger partial charge on any atom is 0.119 e. The topological polar surface area (TPSA) is 75.7 Å². The van der Waals surface area contributed by atoms with Gasteiger partial charge in [-0.3, -0.25) is 0 Å². The molecule has 164 valence electrons. The number of aliphatic hydroxyl groups is 2. The number of hydrogen-bond acceptors (Lipinski definition) is 5. The maximum atomic E-state index is 9.29. The summed E-state index contributed by atoms with van der Waals surface area (Å²) in [4.78, 5) is 2.17. The van der Waals surface area contributed by atoms with Gasteiger partial charge in [0.2, 0.25) is 0 Å². The van der Waals surface area contributed by atoms with Gasteiger partial charge < -0.3 is 20.7 Å². The molecule has 0 aliphatic carbocycles. The number of benzene rings is 3. The van der Waals surface area contributed by atoms with Gasteiger partial charge in [-0.25, -0.2) is 0 Å². The van der Waals surface area contributed by atoms with Gasteiger partial charge in [0.05, 0.1) is 18.8 Å². The number of aryl methyl sites for hydroxylation is 1. The number of nitrogens with two attached hydrogens (primary N) is 1. The van der Waals surface area contributed by atoms with Gasteiger partial charge in [-0.1, -0.05) is 59.8 Å². The molecule has 0 aromatic heterocycles. The van der Waals surface area contributed by atoms with E-state index in [4.69, 9.17) is 22.1 Å². The molecule has 0 amide bonds. The van der Waals surface area contributed by atoms with Crippen molar-refractivity contribution in [3.63, 3.8) is 0 Å². The van der Waals surface area contributed by atoms with Crippen molar-refractivity contribution in [3.05, 3.63) is 88.9 Å². The molecule has 3 aromatic carbocycles. The van der Waals surface area contributed by atoms with Crippen molar-refractivity contribution in [1.29, 1.82) is 0 Å². The Kier molecular flexibility index (Phi) is 8.81. The second-order valence-corrected chi connectivity index (χ2v) is 9.19. The minimum atomic E-state index is -0.931. The van der Waals surface area contributed by atoms with E-state index < -0.39 is 5.54 Å². The summed E-state index contributed by atoms with van der Waals surface area (Å²) in [7, 11) is 0. The molecule has 0 aliphatic rings. The molecule has 6 heteroatoms. The van der Waals surface area contributed by atoms with E-state index in [1.165, 1.54) is 0 Å². The average molecular weight is 458 g/mol. The van der Waals surface area contributed by atoms with Crippen LogP contribution in [0, 0.1) is 0 Å². The number of hydrogen-bond donors (Lipinski definition) is 3. The van der Waals surface area contributed by atoms with E-state index in [9.17, 15) is 10.2 Å². The van der Waals surface area contributed by atoms with E-state index in [0.717, 1.165) is 39.5 Å². The third-order valence-electron chi connectivity index (χ3n) is 5.08. The van der Waals surface area contributed by atoms with E-state index >= 15 is 0 Å². The van der Waals surface area contributed by atoms with E-state index in [1.807, 2.05) is 66.7 Å². The molecule has 0 aliphatic heterocycles. The lowest BCUT2D eigenvalue weighted by Gasteiger charge is -2.24. The summed E-state index contributed by atoms with van der Waals surface area (Å²) >= 11 is 8.12. The summed E-state index contributed by atoms with van der Waals surface area (Å²) in [6.07, 6.45) is 2.02. The Morgan fingerprint density at radius 1 is 0.903 bits per heavy atom. The zero-order valence-corrected chi connectivity index (χ0v) is 18.9. The number of halogens is 1. The Balaban J connectivity index is 1.52. The van der Waals surface area contributed by atoms with E-state index in [0.29, 0.717) is 18.1 Å². The van der Waals surface area contributed by atoms with Crippen molar-refractivity contribution < 1.29 is 14.9 Å². The molecule has 0 radical (unpaired) electrons. The lowest BCUT2D eigenvalue weighted by Crippen LogP contribution is -2.47. The minimum Gasteiger partial charge on any atom is -0.489 e. The third-order valence-corrected chi connectivity index (χ3v) is 6.43. The first-order valence-corrected chi connectivity index (χ1v) is 11.4. The van der Waals surface area contributed by atoms with Crippen LogP contribution in [0.2, 0.25) is 5.02 Å². The van der Waals surface area contributed by atoms with Crippen LogP contribution in [0.1, 0.15) is 24.0 Å². The van der Waals surface area contributed by atoms with Gasteiger partial charge in [0.1, 0.15) is 12.4 Å². The predicted octanol–water partition coefficient (Wildman–Crippen LogP) is 5.08. The van der Waals surface area contributed by atoms with Crippen LogP contribution in [0.3, 0.4) is 0 Å². The third kappa shape index (κ3) is 7.27. The Labute approximate surface area is 193 Å². The van der Waals surface area contributed by atoms with Gasteiger partial charge in [0, 0.05) is 14.8 Å². The molecular formula is C25H28ClNO3S. The van der Waals surface area contributed by atoms with Gasteiger partial charge in [0.25, 0.3) is 0 Å². The Morgan fingerprint density at radius 3 is 2.23 bits per heavy atom. The quantitative estimate of drug-likeness (QED) is 0.374. The molecule has 4 nitrogen and oxygen atoms in total. The summed E-state index contributed by atoms with van der Waals surface area (Å²) in [5.74, 6) is 0.836. The van der Waals surface area contributed by atoms with Crippen molar-refractivity contribution in [2.75, 3.05) is 13.2 Å². The minimum absolute atomic E-state index is 0.233. The average Bonchev–Trinajstić information content (AvgIpc) is 2.80. The standard InChI is InChI=1S/C25H28ClNO3S/c26-24-15-23(11-8-20(24)7-4-14-25(27,17-28)18-29)31-22-12-9-21(10-13-22)30-16-19-5-2-1-3-6-19/h1-3,5-6,8-13,15,28-29H,4,7,14,16-18,27H2. The highest BCUT2D eigenvalue weighted by Crippen LogP contribution is 2.32. The zero-order chi connectivity index (χ0) is 22.1. The van der Waals surface area contributed by atoms with Crippen molar-refractivity contribution in [1.82, 2.24) is 0 Å². The van der Waals surface area contributed by atoms with Crippen LogP contribution in [0.4, 0.5) is 0 Å². The first-order chi connectivity index (χ1) is 15.0. The van der Waals surface area contributed by atoms with Gasteiger partial charge in [0.15, 0.2) is 0 Å². The van der Waals surface area contributed by atoms with Crippen LogP contribution < -0.4 is 10.5 Å². The van der Waals surface area contributed by atoms with Gasteiger partial charge in [-0.2, -0.15) is 0 Å². The van der Waals surface area contributed by atoms with E-state index in [2.05, 4.69) is 6.07 Å². The predicted molar refractivity (Wildman–Crippen MR) is 127 cm³/mol. The van der Waals surface area contributed by atoms with Crippen LogP contribution in [0.25, 0.3) is 0 Å². The van der Waals surface area contributed by atoms with Crippen LogP contribution in [0.15, 0.2) is 82.6 Å². The van der Waals surface area contributed by atoms with Crippen molar-refractivity contribution in [2.45, 2.75) is 41.2 Å². The highest BCUT2D eigenvalue weighted by Gasteiger charge is 2.22. The number of rotatable bonds is 11. The lowest BCUT2D eigenvalue weighted by atomic mass is 9.94. The molecule has 0 fully saturated rings. The summed E-state index contributed by atoms with van der Waals surface area (Å²) < 4.78 is 5.84. The smallest absolute Gasteiger partial charge is 0.119 e. The molecule has 0 saturated carbocycles. The van der Waals surface area contributed by atoms with E-state index in [1.54, 1.807) is 11.8 Å². The molecule has 4 N–H and O–H groups in total. The molecule has 0 heterocycles. The maximum absolute atomic E-state index is 9.29. The normalized spacial score (nSPS) is 11.5. The zero-order valence-electron chi connectivity index (χ0n) is 17.3. The second-order valence-electron chi connectivity index (χ2n) is 7.63. The van der Waals surface area contributed by atoms with Gasteiger partial charge in [-0.15, -0.1) is 0 Å². The summed E-state index contributed by atoms with van der Waals surface area (Å²) in [5, 5.41) is 19.3. The van der Waals surface area contributed by atoms with E-state index in [-0.39, 0.29) is 13.2 Å². The van der Waals surface area contributed by atoms with Crippen LogP contribution in [0.5, 0.6) is 5.75 Å². The lowest BCUT2D eigenvalue weighted by molar-refractivity contribution is 0.113. The van der Waals surface area contributed by atoms with Crippen LogP contribution >= 0.6 is 23.4 Å². The highest BCUT2D eigenvalue weighted by molar-refractivity contribution is 7.99. The van der Waals surface area contributed by atoms with Gasteiger partial charge >= 0.3 is 0 Å². The Hall–Kier alpha value is -2.02. The fraction of sp³-hybridized carbons (Fsp3) is 0.280. The summed E-state index contributed by atoms with van der Waals surface area (Å²) in [5.41, 5.74) is 7.17. The molecular weight excluding hydrogens is 430 g/mol. The van der Waals surface area contributed by atoms with Crippen LogP contribution in [-0.4, -0.2) is 29.0 Å². The molecule has 0 bridgehead atoms. The summed E-state index contributed by atoms with van der Waals surface area (Å²) in [6, 6.07) is 24.2. The molecule has 3 aromatic rings. The second kappa shape index (κ2) is 11.6. The Bertz CT molecular complexity index is 947. The van der Waals surface area contributed by atoms with Crippen molar-refractivity contribution in [3.8, 4) is 5.75 Å². The first-order valence-electron chi connectivity index (χ1n) is 10.2. The fourth-order valence-corrected chi connectivity index (χ4v) is 4.31. The number of ether oxygens (including phenoxy) is 1. The molecule has 31 heavy (non-hydrogen) atoms. The van der Waals surface area contributed by atoms with Gasteiger partial charge in [-0.05, 0) is 66.8 Å². The highest BCUT2D eigenvalue weighted by atomic mass is 35.5. The molecule has 3 rings (SSSR count). The van der Waals surface area contributed by atoms with Crippen molar-refractivity contribution >= 4 is 23.4 Å². The number of aliphatic hydroxyl groups excluding tert-OH is 2. The van der Waals surface area contributed by atoms with Crippen molar-refractivity contribution in [2.24, 2.45) is 5.73 Å². The molecule has 0 saturated heterocycles. The largest absolute Gasteiger partial charge is 0.489 e. The summed E-state index contributed by atoms with van der Waals surface area (Å²) in [6.45, 7) is 0.0814. The first kappa shape index (κ1) is 23.6. The van der Waals surface area contributed by atoms with Crippen LogP contribution in [-0.2, 0) is 13.0 Å². The SMILES string of the molecule is NC(CO)(CO)CCCc1ccc(Sc2ccc(OCc3ccccc3)cc2)cc1Cl. The Morgan fingerprint density at radius 2 is 1.58 bits per heavy atom. The monoisotopic (exact) mass is 457 g/mol. The molecule has 0 atom stereocenters. The molecule has 0 spiro atoms.